The summed E-state index contributed by atoms with van der Waals surface area (Å²) in [6, 6.07) is 10.4. The molecule has 1 heterocycles. The van der Waals surface area contributed by atoms with Gasteiger partial charge in [0.05, 0.1) is 0 Å². The van der Waals surface area contributed by atoms with Crippen LogP contribution < -0.4 is 15.8 Å². The molecule has 1 aromatic heterocycles. The Bertz CT molecular complexity index is 612. The van der Waals surface area contributed by atoms with Gasteiger partial charge in [-0.2, -0.15) is 0 Å². The lowest BCUT2D eigenvalue weighted by Gasteiger charge is -2.09. The fourth-order valence-electron chi connectivity index (χ4n) is 1.65. The Hall–Kier alpha value is -2.56. The van der Waals surface area contributed by atoms with Crippen molar-refractivity contribution < 1.29 is 9.53 Å². The summed E-state index contributed by atoms with van der Waals surface area (Å²) in [4.78, 5) is 15.9. The van der Waals surface area contributed by atoms with E-state index in [4.69, 9.17) is 10.5 Å². The number of ether oxygens (including phenoxy) is 1. The second-order valence-electron chi connectivity index (χ2n) is 4.68. The van der Waals surface area contributed by atoms with Gasteiger partial charge in [0, 0.05) is 30.1 Å². The van der Waals surface area contributed by atoms with E-state index in [1.54, 1.807) is 36.4 Å². The normalized spacial score (nSPS) is 10.3. The number of nitrogens with zero attached hydrogens (tertiary/aromatic N) is 1. The Labute approximate surface area is 117 Å². The van der Waals surface area contributed by atoms with E-state index in [0.717, 1.165) is 0 Å². The van der Waals surface area contributed by atoms with Crippen molar-refractivity contribution in [2.75, 3.05) is 5.73 Å². The van der Waals surface area contributed by atoms with E-state index in [9.17, 15) is 4.79 Å². The number of carbonyl (C=O) groups excluding carboxylic acids is 1. The maximum absolute atomic E-state index is 11.9. The monoisotopic (exact) mass is 271 g/mol. The second kappa shape index (κ2) is 6.06. The molecule has 1 amide bonds. The Morgan fingerprint density at radius 1 is 1.25 bits per heavy atom. The number of nitrogens with one attached hydrogen (secondary N) is 1. The molecule has 0 fully saturated rings. The minimum Gasteiger partial charge on any atom is -0.457 e. The number of hydrogen-bond donors (Lipinski definition) is 2. The summed E-state index contributed by atoms with van der Waals surface area (Å²) in [6.07, 6.45) is 1.54. The van der Waals surface area contributed by atoms with Crippen molar-refractivity contribution in [1.29, 1.82) is 0 Å². The number of nitrogen functional groups attached to an aromatic ring is 1. The van der Waals surface area contributed by atoms with E-state index in [1.165, 1.54) is 6.20 Å². The van der Waals surface area contributed by atoms with E-state index in [2.05, 4.69) is 10.3 Å². The minimum absolute atomic E-state index is 0.0581. The average molecular weight is 271 g/mol. The third kappa shape index (κ3) is 3.71. The Morgan fingerprint density at radius 2 is 2.00 bits per heavy atom. The molecule has 0 spiro atoms. The fourth-order valence-corrected chi connectivity index (χ4v) is 1.65. The number of nitrogens with two attached hydrogens (primary N) is 1. The molecular weight excluding hydrogens is 254 g/mol. The van der Waals surface area contributed by atoms with Gasteiger partial charge in [0.15, 0.2) is 0 Å². The van der Waals surface area contributed by atoms with E-state index >= 15 is 0 Å². The molecule has 0 bridgehead atoms. The number of anilines is 1. The average Bonchev–Trinajstić information content (AvgIpc) is 2.38. The zero-order valence-electron chi connectivity index (χ0n) is 11.5. The fraction of sp³-hybridized carbons (Fsp3) is 0.200. The molecule has 0 aliphatic rings. The van der Waals surface area contributed by atoms with Crippen molar-refractivity contribution in [3.05, 3.63) is 48.3 Å². The predicted octanol–water partition coefficient (Wildman–Crippen LogP) is 2.59. The van der Waals surface area contributed by atoms with E-state index in [-0.39, 0.29) is 11.9 Å². The van der Waals surface area contributed by atoms with Crippen LogP contribution in [0.2, 0.25) is 0 Å². The number of hydrogen-bond acceptors (Lipinski definition) is 4. The molecule has 0 aliphatic carbocycles. The second-order valence-corrected chi connectivity index (χ2v) is 4.68. The number of aromatic nitrogens is 1. The summed E-state index contributed by atoms with van der Waals surface area (Å²) in [5.74, 6) is 0.934. The Balaban J connectivity index is 2.15. The van der Waals surface area contributed by atoms with Gasteiger partial charge >= 0.3 is 0 Å². The van der Waals surface area contributed by atoms with Crippen molar-refractivity contribution in [3.63, 3.8) is 0 Å². The first-order valence-corrected chi connectivity index (χ1v) is 6.35. The summed E-state index contributed by atoms with van der Waals surface area (Å²) >= 11 is 0. The predicted molar refractivity (Wildman–Crippen MR) is 77.8 cm³/mol. The SMILES string of the molecule is CC(C)NC(=O)c1cc(Oc2cccc(N)c2)ccn1. The van der Waals surface area contributed by atoms with Crippen LogP contribution in [-0.4, -0.2) is 16.9 Å². The van der Waals surface area contributed by atoms with Gasteiger partial charge in [0.2, 0.25) is 0 Å². The lowest BCUT2D eigenvalue weighted by Crippen LogP contribution is -2.30. The smallest absolute Gasteiger partial charge is 0.270 e. The highest BCUT2D eigenvalue weighted by molar-refractivity contribution is 5.92. The lowest BCUT2D eigenvalue weighted by atomic mass is 10.3. The first-order chi connectivity index (χ1) is 9.54. The lowest BCUT2D eigenvalue weighted by molar-refractivity contribution is 0.0937. The van der Waals surface area contributed by atoms with Gasteiger partial charge < -0.3 is 15.8 Å². The van der Waals surface area contributed by atoms with Gasteiger partial charge in [-0.25, -0.2) is 0 Å². The van der Waals surface area contributed by atoms with Crippen LogP contribution in [0, 0.1) is 0 Å². The largest absolute Gasteiger partial charge is 0.457 e. The molecule has 1 aromatic carbocycles. The van der Waals surface area contributed by atoms with Crippen molar-refractivity contribution in [3.8, 4) is 11.5 Å². The molecule has 2 rings (SSSR count). The molecule has 0 aliphatic heterocycles. The number of benzene rings is 1. The molecule has 0 atom stereocenters. The Kier molecular flexibility index (Phi) is 4.20. The molecule has 5 heteroatoms. The van der Waals surface area contributed by atoms with Crippen LogP contribution in [0.5, 0.6) is 11.5 Å². The summed E-state index contributed by atoms with van der Waals surface area (Å²) in [5, 5.41) is 2.78. The molecule has 5 nitrogen and oxygen atoms in total. The van der Waals surface area contributed by atoms with E-state index < -0.39 is 0 Å². The maximum Gasteiger partial charge on any atom is 0.270 e. The van der Waals surface area contributed by atoms with Crippen LogP contribution in [0.15, 0.2) is 42.6 Å². The van der Waals surface area contributed by atoms with Gasteiger partial charge in [-0.05, 0) is 32.0 Å². The zero-order chi connectivity index (χ0) is 14.5. The highest BCUT2D eigenvalue weighted by Crippen LogP contribution is 2.23. The molecule has 3 N–H and O–H groups in total. The van der Waals surface area contributed by atoms with Gasteiger partial charge in [-0.15, -0.1) is 0 Å². The zero-order valence-corrected chi connectivity index (χ0v) is 11.5. The first-order valence-electron chi connectivity index (χ1n) is 6.35. The third-order valence-electron chi connectivity index (χ3n) is 2.48. The molecule has 0 saturated carbocycles. The molecule has 0 radical (unpaired) electrons. The molecule has 0 unspecified atom stereocenters. The van der Waals surface area contributed by atoms with Crippen LogP contribution in [-0.2, 0) is 0 Å². The van der Waals surface area contributed by atoms with Crippen LogP contribution in [0.25, 0.3) is 0 Å². The van der Waals surface area contributed by atoms with Crippen LogP contribution in [0.1, 0.15) is 24.3 Å². The number of rotatable bonds is 4. The summed E-state index contributed by atoms with van der Waals surface area (Å²) < 4.78 is 5.65. The highest BCUT2D eigenvalue weighted by atomic mass is 16.5. The quantitative estimate of drug-likeness (QED) is 0.838. The molecule has 0 saturated heterocycles. The van der Waals surface area contributed by atoms with Crippen LogP contribution in [0.3, 0.4) is 0 Å². The number of pyridine rings is 1. The summed E-state index contributed by atoms with van der Waals surface area (Å²) in [5.41, 5.74) is 6.63. The van der Waals surface area contributed by atoms with Crippen molar-refractivity contribution in [2.24, 2.45) is 0 Å². The molecule has 20 heavy (non-hydrogen) atoms. The van der Waals surface area contributed by atoms with Gasteiger partial charge in [-0.3, -0.25) is 9.78 Å². The van der Waals surface area contributed by atoms with Crippen LogP contribution in [0.4, 0.5) is 5.69 Å². The van der Waals surface area contributed by atoms with Gasteiger partial charge in [-0.1, -0.05) is 6.07 Å². The van der Waals surface area contributed by atoms with Gasteiger partial charge in [0.1, 0.15) is 17.2 Å². The maximum atomic E-state index is 11.9. The topological polar surface area (TPSA) is 77.2 Å². The van der Waals surface area contributed by atoms with Crippen molar-refractivity contribution >= 4 is 11.6 Å². The molecular formula is C15H17N3O2. The molecule has 2 aromatic rings. The molecule has 104 valence electrons. The summed E-state index contributed by atoms with van der Waals surface area (Å²) in [7, 11) is 0. The number of amides is 1. The van der Waals surface area contributed by atoms with Crippen molar-refractivity contribution in [2.45, 2.75) is 19.9 Å². The van der Waals surface area contributed by atoms with Crippen LogP contribution >= 0.6 is 0 Å². The van der Waals surface area contributed by atoms with E-state index in [0.29, 0.717) is 22.9 Å². The van der Waals surface area contributed by atoms with Crippen molar-refractivity contribution in [1.82, 2.24) is 10.3 Å². The Morgan fingerprint density at radius 3 is 2.70 bits per heavy atom. The highest BCUT2D eigenvalue weighted by Gasteiger charge is 2.09. The summed E-state index contributed by atoms with van der Waals surface area (Å²) in [6.45, 7) is 3.79. The first kappa shape index (κ1) is 13.9. The third-order valence-corrected chi connectivity index (χ3v) is 2.48. The van der Waals surface area contributed by atoms with E-state index in [1.807, 2.05) is 13.8 Å². The van der Waals surface area contributed by atoms with Gasteiger partial charge in [0.25, 0.3) is 5.91 Å². The number of carbonyl (C=O) groups is 1. The standard InChI is InChI=1S/C15H17N3O2/c1-10(2)18-15(19)14-9-13(6-7-17-14)20-12-5-3-4-11(16)8-12/h3-10H,16H2,1-2H3,(H,18,19). The minimum atomic E-state index is -0.224.